The Morgan fingerprint density at radius 2 is 2.10 bits per heavy atom. The van der Waals surface area contributed by atoms with Gasteiger partial charge in [0, 0.05) is 24.9 Å². The number of oxime groups is 1. The number of para-hydroxylation sites is 1. The molecular weight excluding hydrogens is 262 g/mol. The molecule has 3 rings (SSSR count). The third-order valence-corrected chi connectivity index (χ3v) is 3.81. The number of nitrogens with zero attached hydrogens (tertiary/aromatic N) is 3. The highest BCUT2D eigenvalue weighted by Crippen LogP contribution is 2.16. The van der Waals surface area contributed by atoms with Gasteiger partial charge in [0.05, 0.1) is 16.9 Å². The average Bonchev–Trinajstić information content (AvgIpc) is 2.94. The predicted molar refractivity (Wildman–Crippen MR) is 85.3 cm³/mol. The van der Waals surface area contributed by atoms with E-state index < -0.39 is 0 Å². The molecule has 4 nitrogen and oxygen atoms in total. The van der Waals surface area contributed by atoms with Crippen molar-refractivity contribution in [1.29, 1.82) is 0 Å². The Morgan fingerprint density at radius 1 is 1.24 bits per heavy atom. The summed E-state index contributed by atoms with van der Waals surface area (Å²) in [5.74, 6) is 0. The van der Waals surface area contributed by atoms with E-state index in [1.165, 1.54) is 5.39 Å². The van der Waals surface area contributed by atoms with Gasteiger partial charge >= 0.3 is 0 Å². The molecule has 0 radical (unpaired) electrons. The van der Waals surface area contributed by atoms with Crippen LogP contribution in [0.25, 0.3) is 10.9 Å². The fourth-order valence-electron chi connectivity index (χ4n) is 2.68. The van der Waals surface area contributed by atoms with Crippen molar-refractivity contribution in [2.24, 2.45) is 5.16 Å². The third kappa shape index (κ3) is 3.39. The van der Waals surface area contributed by atoms with Crippen molar-refractivity contribution in [1.82, 2.24) is 9.88 Å². The van der Waals surface area contributed by atoms with Crippen molar-refractivity contribution >= 4 is 16.6 Å². The summed E-state index contributed by atoms with van der Waals surface area (Å²) in [5.41, 5.74) is 3.31. The molecular formula is C17H21N3O. The summed E-state index contributed by atoms with van der Waals surface area (Å²) in [6, 6.07) is 12.4. The van der Waals surface area contributed by atoms with Crippen molar-refractivity contribution in [3.05, 3.63) is 42.1 Å². The van der Waals surface area contributed by atoms with Gasteiger partial charge in [0.25, 0.3) is 0 Å². The molecule has 1 aliphatic heterocycles. The lowest BCUT2D eigenvalue weighted by atomic mass is 10.1. The molecule has 110 valence electrons. The summed E-state index contributed by atoms with van der Waals surface area (Å²) in [5, 5.41) is 5.30. The van der Waals surface area contributed by atoms with Gasteiger partial charge in [0.2, 0.25) is 0 Å². The number of hydrogen-bond acceptors (Lipinski definition) is 4. The maximum Gasteiger partial charge on any atom is 0.145 e. The molecule has 0 saturated carbocycles. The van der Waals surface area contributed by atoms with Crippen molar-refractivity contribution in [3.63, 3.8) is 0 Å². The smallest absolute Gasteiger partial charge is 0.145 e. The third-order valence-electron chi connectivity index (χ3n) is 3.81. The molecule has 4 heteroatoms. The van der Waals surface area contributed by atoms with Gasteiger partial charge in [-0.1, -0.05) is 36.3 Å². The highest BCUT2D eigenvalue weighted by atomic mass is 16.6. The largest absolute Gasteiger partial charge is 0.391 e. The lowest BCUT2D eigenvalue weighted by Gasteiger charge is -2.19. The zero-order chi connectivity index (χ0) is 14.7. The minimum absolute atomic E-state index is 0.186. The van der Waals surface area contributed by atoms with Gasteiger partial charge in [0.1, 0.15) is 6.10 Å². The Balaban J connectivity index is 1.60. The zero-order valence-electron chi connectivity index (χ0n) is 12.6. The van der Waals surface area contributed by atoms with Crippen molar-refractivity contribution in [2.75, 3.05) is 13.6 Å². The van der Waals surface area contributed by atoms with E-state index in [0.29, 0.717) is 0 Å². The van der Waals surface area contributed by atoms with Crippen LogP contribution in [0.15, 0.2) is 41.6 Å². The predicted octanol–water partition coefficient (Wildman–Crippen LogP) is 3.22. The summed E-state index contributed by atoms with van der Waals surface area (Å²) in [6.45, 7) is 3.82. The van der Waals surface area contributed by atoms with E-state index in [1.54, 1.807) is 0 Å². The SMILES string of the molecule is CCC1=NO[C@@H](CN(C)Cc2ccc3ccccc3n2)C1. The molecule has 1 aliphatic rings. The van der Waals surface area contributed by atoms with Gasteiger partial charge in [-0.2, -0.15) is 0 Å². The number of fused-ring (bicyclic) bond motifs is 1. The molecule has 2 heterocycles. The Morgan fingerprint density at radius 3 is 2.90 bits per heavy atom. The molecule has 0 amide bonds. The first-order chi connectivity index (χ1) is 10.2. The topological polar surface area (TPSA) is 37.7 Å². The lowest BCUT2D eigenvalue weighted by molar-refractivity contribution is 0.0574. The molecule has 0 unspecified atom stereocenters. The summed E-state index contributed by atoms with van der Waals surface area (Å²) in [6.07, 6.45) is 2.11. The standard InChI is InChI=1S/C17H21N3O/c1-3-14-10-16(21-19-14)12-20(2)11-15-9-8-13-6-4-5-7-17(13)18-15/h4-9,16H,3,10-12H2,1-2H3/t16-/m1/s1. The highest BCUT2D eigenvalue weighted by molar-refractivity contribution is 5.85. The monoisotopic (exact) mass is 283 g/mol. The van der Waals surface area contributed by atoms with Gasteiger partial charge in [-0.25, -0.2) is 0 Å². The fourth-order valence-corrected chi connectivity index (χ4v) is 2.68. The van der Waals surface area contributed by atoms with Gasteiger partial charge < -0.3 is 4.84 Å². The van der Waals surface area contributed by atoms with Gasteiger partial charge in [-0.15, -0.1) is 0 Å². The van der Waals surface area contributed by atoms with Gasteiger partial charge in [-0.3, -0.25) is 9.88 Å². The Kier molecular flexibility index (Phi) is 4.15. The first-order valence-corrected chi connectivity index (χ1v) is 7.49. The molecule has 1 atom stereocenters. The van der Waals surface area contributed by atoms with E-state index >= 15 is 0 Å². The molecule has 1 aromatic carbocycles. The van der Waals surface area contributed by atoms with Crippen LogP contribution in [0, 0.1) is 0 Å². The highest BCUT2D eigenvalue weighted by Gasteiger charge is 2.21. The lowest BCUT2D eigenvalue weighted by Crippen LogP contribution is -2.29. The van der Waals surface area contributed by atoms with Crippen LogP contribution in [-0.2, 0) is 11.4 Å². The zero-order valence-corrected chi connectivity index (χ0v) is 12.6. The van der Waals surface area contributed by atoms with Crippen LogP contribution in [0.3, 0.4) is 0 Å². The first kappa shape index (κ1) is 14.0. The van der Waals surface area contributed by atoms with Gasteiger partial charge in [0.15, 0.2) is 0 Å². The number of pyridine rings is 1. The normalized spacial score (nSPS) is 18.0. The molecule has 1 aromatic heterocycles. The van der Waals surface area contributed by atoms with Gasteiger partial charge in [-0.05, 0) is 25.6 Å². The van der Waals surface area contributed by atoms with Crippen molar-refractivity contribution in [3.8, 4) is 0 Å². The first-order valence-electron chi connectivity index (χ1n) is 7.49. The van der Waals surface area contributed by atoms with Crippen LogP contribution in [0.1, 0.15) is 25.5 Å². The average molecular weight is 283 g/mol. The minimum Gasteiger partial charge on any atom is -0.391 e. The van der Waals surface area contributed by atoms with E-state index in [-0.39, 0.29) is 6.10 Å². The summed E-state index contributed by atoms with van der Waals surface area (Å²) in [4.78, 5) is 12.4. The summed E-state index contributed by atoms with van der Waals surface area (Å²) in [7, 11) is 2.10. The van der Waals surface area contributed by atoms with Crippen LogP contribution in [0.5, 0.6) is 0 Å². The molecule has 21 heavy (non-hydrogen) atoms. The Bertz CT molecular complexity index is 653. The van der Waals surface area contributed by atoms with E-state index in [2.05, 4.69) is 48.3 Å². The molecule has 0 aliphatic carbocycles. The van der Waals surface area contributed by atoms with E-state index in [9.17, 15) is 0 Å². The van der Waals surface area contributed by atoms with Crippen molar-refractivity contribution < 1.29 is 4.84 Å². The van der Waals surface area contributed by atoms with E-state index in [0.717, 1.165) is 42.9 Å². The second-order valence-electron chi connectivity index (χ2n) is 5.63. The second kappa shape index (κ2) is 6.22. The van der Waals surface area contributed by atoms with E-state index in [4.69, 9.17) is 9.82 Å². The quantitative estimate of drug-likeness (QED) is 0.845. The summed E-state index contributed by atoms with van der Waals surface area (Å²) < 4.78 is 0. The Hall–Kier alpha value is -1.94. The van der Waals surface area contributed by atoms with Crippen LogP contribution >= 0.6 is 0 Å². The molecule has 0 saturated heterocycles. The summed E-state index contributed by atoms with van der Waals surface area (Å²) >= 11 is 0. The maximum atomic E-state index is 5.46. The number of likely N-dealkylation sites (N-methyl/N-ethyl adjacent to an activating group) is 1. The fraction of sp³-hybridized carbons (Fsp3) is 0.412. The Labute approximate surface area is 125 Å². The number of benzene rings is 1. The van der Waals surface area contributed by atoms with Crippen molar-refractivity contribution in [2.45, 2.75) is 32.4 Å². The molecule has 0 fully saturated rings. The number of rotatable bonds is 5. The van der Waals surface area contributed by atoms with Crippen LogP contribution in [0.2, 0.25) is 0 Å². The van der Waals surface area contributed by atoms with Crippen LogP contribution < -0.4 is 0 Å². The molecule has 2 aromatic rings. The molecule has 0 N–H and O–H groups in total. The maximum absolute atomic E-state index is 5.46. The van der Waals surface area contributed by atoms with Crippen LogP contribution in [-0.4, -0.2) is 35.3 Å². The minimum atomic E-state index is 0.186. The number of aromatic nitrogens is 1. The number of hydrogen-bond donors (Lipinski definition) is 0. The second-order valence-corrected chi connectivity index (χ2v) is 5.63. The van der Waals surface area contributed by atoms with E-state index in [1.807, 2.05) is 12.1 Å². The molecule has 0 bridgehead atoms. The molecule has 0 spiro atoms. The van der Waals surface area contributed by atoms with Crippen LogP contribution in [0.4, 0.5) is 0 Å².